The van der Waals surface area contributed by atoms with Crippen LogP contribution in [0.1, 0.15) is 29.9 Å². The molecule has 1 heteroatoms. The fourth-order valence-electron chi connectivity index (χ4n) is 2.89. The third kappa shape index (κ3) is 1.81. The van der Waals surface area contributed by atoms with Crippen molar-refractivity contribution in [1.29, 1.82) is 0 Å². The molecule has 0 nitrogen and oxygen atoms in total. The van der Waals surface area contributed by atoms with Gasteiger partial charge in [-0.05, 0) is 41.3 Å². The Bertz CT molecular complexity index is 485. The van der Waals surface area contributed by atoms with E-state index in [1.807, 2.05) is 0 Å². The SMILES string of the molecule is PCCCC1c2ccccc2-c2ccccc21. The molecule has 0 fully saturated rings. The van der Waals surface area contributed by atoms with E-state index in [2.05, 4.69) is 57.8 Å². The van der Waals surface area contributed by atoms with Gasteiger partial charge < -0.3 is 0 Å². The summed E-state index contributed by atoms with van der Waals surface area (Å²) >= 11 is 0. The van der Waals surface area contributed by atoms with Crippen molar-refractivity contribution in [2.24, 2.45) is 0 Å². The summed E-state index contributed by atoms with van der Waals surface area (Å²) in [5, 5.41) is 0. The first-order valence-electron chi connectivity index (χ1n) is 6.30. The largest absolute Gasteiger partial charge is 0.138 e. The zero-order chi connectivity index (χ0) is 11.7. The number of rotatable bonds is 3. The van der Waals surface area contributed by atoms with Crippen LogP contribution in [0, 0.1) is 0 Å². The second-order valence-electron chi connectivity index (χ2n) is 4.66. The maximum absolute atomic E-state index is 2.83. The Morgan fingerprint density at radius 1 is 0.824 bits per heavy atom. The van der Waals surface area contributed by atoms with Gasteiger partial charge in [0.25, 0.3) is 0 Å². The third-order valence-corrected chi connectivity index (χ3v) is 4.07. The van der Waals surface area contributed by atoms with E-state index in [1.54, 1.807) is 0 Å². The molecule has 17 heavy (non-hydrogen) atoms. The highest BCUT2D eigenvalue weighted by Crippen LogP contribution is 2.46. The number of hydrogen-bond donors (Lipinski definition) is 0. The average Bonchev–Trinajstić information content (AvgIpc) is 2.71. The molecule has 2 aromatic carbocycles. The van der Waals surface area contributed by atoms with E-state index >= 15 is 0 Å². The molecule has 86 valence electrons. The van der Waals surface area contributed by atoms with Crippen LogP contribution in [0.5, 0.6) is 0 Å². The van der Waals surface area contributed by atoms with Gasteiger partial charge in [-0.2, -0.15) is 0 Å². The van der Waals surface area contributed by atoms with Crippen LogP contribution in [0.25, 0.3) is 11.1 Å². The second kappa shape index (κ2) is 4.63. The van der Waals surface area contributed by atoms with Crippen molar-refractivity contribution in [2.75, 3.05) is 6.16 Å². The minimum absolute atomic E-state index is 0.614. The van der Waals surface area contributed by atoms with Crippen LogP contribution in [0.4, 0.5) is 0 Å². The highest BCUT2D eigenvalue weighted by Gasteiger charge is 2.26. The average molecular weight is 240 g/mol. The topological polar surface area (TPSA) is 0 Å². The Balaban J connectivity index is 2.10. The zero-order valence-electron chi connectivity index (χ0n) is 9.89. The zero-order valence-corrected chi connectivity index (χ0v) is 11.0. The van der Waals surface area contributed by atoms with Crippen molar-refractivity contribution >= 4 is 9.24 Å². The van der Waals surface area contributed by atoms with Crippen LogP contribution < -0.4 is 0 Å². The predicted octanol–water partition coefficient (Wildman–Crippen LogP) is 4.45. The molecule has 1 aliphatic rings. The van der Waals surface area contributed by atoms with Crippen molar-refractivity contribution in [3.8, 4) is 11.1 Å². The van der Waals surface area contributed by atoms with E-state index in [0.717, 1.165) is 0 Å². The Morgan fingerprint density at radius 2 is 1.35 bits per heavy atom. The van der Waals surface area contributed by atoms with Gasteiger partial charge in [-0.3, -0.25) is 0 Å². The molecular weight excluding hydrogens is 223 g/mol. The van der Waals surface area contributed by atoms with E-state index < -0.39 is 0 Å². The van der Waals surface area contributed by atoms with Crippen LogP contribution in [0.3, 0.4) is 0 Å². The van der Waals surface area contributed by atoms with Gasteiger partial charge in [0.2, 0.25) is 0 Å². The lowest BCUT2D eigenvalue weighted by atomic mass is 9.93. The van der Waals surface area contributed by atoms with Gasteiger partial charge in [-0.25, -0.2) is 0 Å². The molecule has 0 saturated carbocycles. The maximum Gasteiger partial charge on any atom is 0.0102 e. The minimum atomic E-state index is 0.614. The normalized spacial score (nSPS) is 13.5. The molecule has 0 spiro atoms. The Labute approximate surface area is 105 Å². The Kier molecular flexibility index (Phi) is 2.99. The summed E-state index contributed by atoms with van der Waals surface area (Å²) in [6, 6.07) is 17.7. The number of fused-ring (bicyclic) bond motifs is 3. The van der Waals surface area contributed by atoms with Crippen molar-refractivity contribution < 1.29 is 0 Å². The molecule has 2 aromatic rings. The van der Waals surface area contributed by atoms with Crippen molar-refractivity contribution in [3.63, 3.8) is 0 Å². The molecule has 1 unspecified atom stereocenters. The van der Waals surface area contributed by atoms with Gasteiger partial charge in [0.15, 0.2) is 0 Å². The molecule has 0 saturated heterocycles. The summed E-state index contributed by atoms with van der Waals surface area (Å²) in [7, 11) is 2.83. The summed E-state index contributed by atoms with van der Waals surface area (Å²) in [6.07, 6.45) is 3.73. The smallest absolute Gasteiger partial charge is 0.0102 e. The van der Waals surface area contributed by atoms with Gasteiger partial charge in [-0.1, -0.05) is 48.5 Å². The lowest BCUT2D eigenvalue weighted by Gasteiger charge is -2.12. The summed E-state index contributed by atoms with van der Waals surface area (Å²) < 4.78 is 0. The van der Waals surface area contributed by atoms with Crippen molar-refractivity contribution in [1.82, 2.24) is 0 Å². The minimum Gasteiger partial charge on any atom is -0.138 e. The molecule has 0 N–H and O–H groups in total. The first-order chi connectivity index (χ1) is 8.42. The van der Waals surface area contributed by atoms with Crippen molar-refractivity contribution in [3.05, 3.63) is 59.7 Å². The molecule has 0 aliphatic heterocycles. The Hall–Kier alpha value is -1.13. The molecule has 0 heterocycles. The lowest BCUT2D eigenvalue weighted by Crippen LogP contribution is -1.96. The monoisotopic (exact) mass is 240 g/mol. The van der Waals surface area contributed by atoms with E-state index in [4.69, 9.17) is 0 Å². The summed E-state index contributed by atoms with van der Waals surface area (Å²) in [4.78, 5) is 0. The van der Waals surface area contributed by atoms with Crippen LogP contribution in [-0.2, 0) is 0 Å². The molecule has 3 rings (SSSR count). The standard InChI is InChI=1S/C16H17P/c17-11-5-10-16-14-8-3-1-6-12(14)13-7-2-4-9-15(13)16/h1-4,6-9,16H,5,10-11,17H2. The van der Waals surface area contributed by atoms with Crippen LogP contribution in [0.15, 0.2) is 48.5 Å². The first kappa shape index (κ1) is 11.0. The molecule has 0 radical (unpaired) electrons. The molecule has 1 atom stereocenters. The first-order valence-corrected chi connectivity index (χ1v) is 7.12. The summed E-state index contributed by atoms with van der Waals surface area (Å²) in [6.45, 7) is 0. The van der Waals surface area contributed by atoms with E-state index in [9.17, 15) is 0 Å². The van der Waals surface area contributed by atoms with Gasteiger partial charge in [0, 0.05) is 5.92 Å². The molecule has 0 aromatic heterocycles. The fourth-order valence-corrected chi connectivity index (χ4v) is 3.13. The van der Waals surface area contributed by atoms with E-state index in [0.29, 0.717) is 5.92 Å². The second-order valence-corrected chi connectivity index (χ2v) is 5.24. The van der Waals surface area contributed by atoms with E-state index in [-0.39, 0.29) is 0 Å². The Morgan fingerprint density at radius 3 is 1.88 bits per heavy atom. The summed E-state index contributed by atoms with van der Waals surface area (Å²) in [5.41, 5.74) is 5.92. The van der Waals surface area contributed by atoms with Crippen LogP contribution in [0.2, 0.25) is 0 Å². The highest BCUT2D eigenvalue weighted by molar-refractivity contribution is 7.16. The van der Waals surface area contributed by atoms with Gasteiger partial charge in [0.05, 0.1) is 0 Å². The fraction of sp³-hybridized carbons (Fsp3) is 0.250. The molecule has 0 bridgehead atoms. The maximum atomic E-state index is 2.83. The van der Waals surface area contributed by atoms with E-state index in [1.165, 1.54) is 41.3 Å². The summed E-state index contributed by atoms with van der Waals surface area (Å²) in [5.74, 6) is 0.614. The molecular formula is C16H17P. The van der Waals surface area contributed by atoms with Crippen molar-refractivity contribution in [2.45, 2.75) is 18.8 Å². The number of benzene rings is 2. The lowest BCUT2D eigenvalue weighted by molar-refractivity contribution is 0.717. The predicted molar refractivity (Wildman–Crippen MR) is 77.5 cm³/mol. The van der Waals surface area contributed by atoms with Crippen LogP contribution >= 0.6 is 9.24 Å². The van der Waals surface area contributed by atoms with Gasteiger partial charge in [-0.15, -0.1) is 9.24 Å². The number of hydrogen-bond acceptors (Lipinski definition) is 0. The van der Waals surface area contributed by atoms with Gasteiger partial charge >= 0.3 is 0 Å². The molecule has 0 amide bonds. The molecule has 1 aliphatic carbocycles. The highest BCUT2D eigenvalue weighted by atomic mass is 31.0. The third-order valence-electron chi connectivity index (χ3n) is 3.66. The quantitative estimate of drug-likeness (QED) is 0.695. The van der Waals surface area contributed by atoms with Gasteiger partial charge in [0.1, 0.15) is 0 Å². The van der Waals surface area contributed by atoms with Crippen LogP contribution in [-0.4, -0.2) is 6.16 Å².